The van der Waals surface area contributed by atoms with E-state index >= 15 is 0 Å². The third-order valence-corrected chi connectivity index (χ3v) is 13.0. The smallest absolute Gasteiger partial charge is 0.342 e. The molecule has 208 valence electrons. The standard InChI is InChI=1S/C28H30O11/c1-22-9-17-24(3)28-18(22)19(31)27(39-28,35-10-13(22)20(32)36-17)12-8-15(30)26-16(37-26)5-4-14(29)23(26,2)11(12)6-7-25(28,34)21(33)38-24/h4-5,11-13,15-18,30,34H,6-10H2,1-3H3/t11-,12+,13-,15+,16+,17+,18-,22+,23-,24-,25+,26+,27+,28-/m0/s1. The zero-order valence-electron chi connectivity index (χ0n) is 21.8. The molecule has 3 aliphatic carbocycles. The third-order valence-electron chi connectivity index (χ3n) is 13.0. The van der Waals surface area contributed by atoms with Crippen LogP contribution >= 0.6 is 0 Å². The van der Waals surface area contributed by atoms with Crippen LogP contribution in [0.1, 0.15) is 46.5 Å². The summed E-state index contributed by atoms with van der Waals surface area (Å²) in [6.45, 7) is 4.95. The van der Waals surface area contributed by atoms with Crippen LogP contribution in [0.4, 0.5) is 0 Å². The maximum atomic E-state index is 14.9. The number of fused-ring (bicyclic) bond motifs is 4. The molecule has 6 aliphatic heterocycles. The van der Waals surface area contributed by atoms with Gasteiger partial charge in [0.1, 0.15) is 17.8 Å². The zero-order chi connectivity index (χ0) is 27.3. The Morgan fingerprint density at radius 2 is 1.85 bits per heavy atom. The quantitative estimate of drug-likeness (QED) is 0.307. The third kappa shape index (κ3) is 1.90. The molecule has 9 rings (SSSR count). The van der Waals surface area contributed by atoms with E-state index in [2.05, 4.69) is 0 Å². The first-order chi connectivity index (χ1) is 18.3. The lowest BCUT2D eigenvalue weighted by Gasteiger charge is -2.63. The van der Waals surface area contributed by atoms with Gasteiger partial charge in [0.15, 0.2) is 28.4 Å². The van der Waals surface area contributed by atoms with Crippen LogP contribution in [0.5, 0.6) is 0 Å². The summed E-state index contributed by atoms with van der Waals surface area (Å²) < 4.78 is 31.1. The Kier molecular flexibility index (Phi) is 3.64. The van der Waals surface area contributed by atoms with Gasteiger partial charge in [0.05, 0.1) is 30.0 Å². The molecule has 0 radical (unpaired) electrons. The van der Waals surface area contributed by atoms with Crippen molar-refractivity contribution in [3.8, 4) is 0 Å². The highest BCUT2D eigenvalue weighted by molar-refractivity contribution is 6.01. The Morgan fingerprint density at radius 1 is 1.08 bits per heavy atom. The fraction of sp³-hybridized carbons (Fsp3) is 0.786. The summed E-state index contributed by atoms with van der Waals surface area (Å²) in [7, 11) is 0. The van der Waals surface area contributed by atoms with Crippen molar-refractivity contribution in [2.24, 2.45) is 34.5 Å². The summed E-state index contributed by atoms with van der Waals surface area (Å²) in [6.07, 6.45) is 0.918. The Hall–Kier alpha value is -2.18. The maximum absolute atomic E-state index is 14.9. The Bertz CT molecular complexity index is 1370. The van der Waals surface area contributed by atoms with E-state index in [0.29, 0.717) is 0 Å². The van der Waals surface area contributed by atoms with E-state index < -0.39 is 98.7 Å². The van der Waals surface area contributed by atoms with Crippen LogP contribution in [0.15, 0.2) is 12.2 Å². The van der Waals surface area contributed by atoms with Gasteiger partial charge in [-0.15, -0.1) is 0 Å². The Labute approximate surface area is 223 Å². The monoisotopic (exact) mass is 542 g/mol. The van der Waals surface area contributed by atoms with Crippen molar-refractivity contribution in [2.75, 3.05) is 6.61 Å². The number of carbonyl (C=O) groups excluding carboxylic acids is 4. The number of rotatable bonds is 0. The Balaban J connectivity index is 1.34. The van der Waals surface area contributed by atoms with Crippen LogP contribution in [0.2, 0.25) is 0 Å². The first kappa shape index (κ1) is 23.5. The van der Waals surface area contributed by atoms with Gasteiger partial charge < -0.3 is 33.9 Å². The lowest BCUT2D eigenvalue weighted by atomic mass is 9.46. The molecule has 6 heterocycles. The number of aliphatic hydroxyl groups excluding tert-OH is 1. The Morgan fingerprint density at radius 3 is 2.62 bits per heavy atom. The summed E-state index contributed by atoms with van der Waals surface area (Å²) in [5.41, 5.74) is -9.28. The van der Waals surface area contributed by atoms with E-state index in [1.165, 1.54) is 6.08 Å². The van der Waals surface area contributed by atoms with Crippen molar-refractivity contribution in [3.63, 3.8) is 0 Å². The van der Waals surface area contributed by atoms with Crippen molar-refractivity contribution in [1.82, 2.24) is 0 Å². The molecule has 39 heavy (non-hydrogen) atoms. The minimum atomic E-state index is -2.26. The summed E-state index contributed by atoms with van der Waals surface area (Å²) in [5.74, 6) is -7.64. The normalized spacial score (nSPS) is 64.7. The number of ketones is 2. The van der Waals surface area contributed by atoms with Gasteiger partial charge in [0.2, 0.25) is 5.79 Å². The van der Waals surface area contributed by atoms with E-state index in [9.17, 15) is 29.4 Å². The van der Waals surface area contributed by atoms with Gasteiger partial charge in [-0.2, -0.15) is 0 Å². The molecule has 0 aromatic carbocycles. The topological polar surface area (TPSA) is 158 Å². The molecule has 11 nitrogen and oxygen atoms in total. The van der Waals surface area contributed by atoms with Gasteiger partial charge in [-0.3, -0.25) is 14.4 Å². The average Bonchev–Trinajstić information content (AvgIpc) is 3.52. The highest BCUT2D eigenvalue weighted by Crippen LogP contribution is 2.76. The first-order valence-corrected chi connectivity index (χ1v) is 13.9. The molecule has 5 bridgehead atoms. The van der Waals surface area contributed by atoms with Crippen molar-refractivity contribution < 1.29 is 53.1 Å². The zero-order valence-corrected chi connectivity index (χ0v) is 21.8. The molecule has 14 atom stereocenters. The number of aliphatic hydroxyl groups is 2. The van der Waals surface area contributed by atoms with Crippen LogP contribution in [0.3, 0.4) is 0 Å². The summed E-state index contributed by atoms with van der Waals surface area (Å²) in [4.78, 5) is 55.7. The lowest BCUT2D eigenvalue weighted by Crippen LogP contribution is -2.79. The van der Waals surface area contributed by atoms with Gasteiger partial charge in [-0.25, -0.2) is 4.79 Å². The van der Waals surface area contributed by atoms with E-state index in [0.717, 1.165) is 0 Å². The van der Waals surface area contributed by atoms with E-state index in [1.807, 2.05) is 6.92 Å². The van der Waals surface area contributed by atoms with Gasteiger partial charge in [-0.05, 0) is 63.0 Å². The molecule has 8 fully saturated rings. The van der Waals surface area contributed by atoms with Crippen LogP contribution in [0.25, 0.3) is 0 Å². The van der Waals surface area contributed by atoms with E-state index in [-0.39, 0.29) is 38.1 Å². The van der Waals surface area contributed by atoms with Gasteiger partial charge >= 0.3 is 11.9 Å². The van der Waals surface area contributed by atoms with Crippen LogP contribution < -0.4 is 0 Å². The molecule has 0 aromatic heterocycles. The molecule has 0 aromatic rings. The summed E-state index contributed by atoms with van der Waals surface area (Å²) in [6, 6.07) is 0. The van der Waals surface area contributed by atoms with E-state index in [1.54, 1.807) is 19.9 Å². The minimum absolute atomic E-state index is 0.0472. The lowest BCUT2D eigenvalue weighted by molar-refractivity contribution is -0.378. The molecule has 3 spiro atoms. The highest BCUT2D eigenvalue weighted by Gasteiger charge is 2.94. The number of ether oxygens (including phenoxy) is 5. The molecular formula is C28H30O11. The first-order valence-electron chi connectivity index (χ1n) is 13.9. The van der Waals surface area contributed by atoms with E-state index in [4.69, 9.17) is 23.7 Å². The highest BCUT2D eigenvalue weighted by atomic mass is 16.8. The number of hydrogen-bond donors (Lipinski definition) is 2. The maximum Gasteiger partial charge on any atom is 0.342 e. The second kappa shape index (κ2) is 6.04. The van der Waals surface area contributed by atoms with Gasteiger partial charge in [0, 0.05) is 5.92 Å². The van der Waals surface area contributed by atoms with Gasteiger partial charge in [-0.1, -0.05) is 6.92 Å². The molecule has 9 aliphatic rings. The predicted octanol–water partition coefficient (Wildman–Crippen LogP) is -0.261. The SMILES string of the molecule is C[C@@]12C[C@H]3OC(=O)[C@@H]1CO[C@]14O[C@]5([C@H]2C1=O)[C@@](O)(CC[C@H]1[C@H]4C[C@@H](O)[C@@]24O[C@@H]2C=CC(=O)[C@]14C)C(=O)O[C@@]35C. The molecule has 0 unspecified atom stereocenters. The summed E-state index contributed by atoms with van der Waals surface area (Å²) in [5, 5.41) is 24.0. The van der Waals surface area contributed by atoms with Crippen molar-refractivity contribution >= 4 is 23.5 Å². The predicted molar refractivity (Wildman–Crippen MR) is 123 cm³/mol. The van der Waals surface area contributed by atoms with Crippen molar-refractivity contribution in [2.45, 2.75) is 93.0 Å². The molecule has 0 amide bonds. The second-order valence-corrected chi connectivity index (χ2v) is 13.9. The minimum Gasteiger partial charge on any atom is -0.458 e. The largest absolute Gasteiger partial charge is 0.458 e. The molecule has 11 heteroatoms. The van der Waals surface area contributed by atoms with Crippen LogP contribution in [-0.4, -0.2) is 86.8 Å². The molecular weight excluding hydrogens is 512 g/mol. The number of allylic oxidation sites excluding steroid dienone is 1. The number of esters is 2. The second-order valence-electron chi connectivity index (χ2n) is 13.9. The molecule has 2 N–H and O–H groups in total. The number of epoxide rings is 1. The van der Waals surface area contributed by atoms with Crippen molar-refractivity contribution in [3.05, 3.63) is 12.2 Å². The average molecular weight is 543 g/mol. The number of hydrogen-bond acceptors (Lipinski definition) is 11. The van der Waals surface area contributed by atoms with Gasteiger partial charge in [0.25, 0.3) is 0 Å². The van der Waals surface area contributed by atoms with Crippen molar-refractivity contribution in [1.29, 1.82) is 0 Å². The fourth-order valence-corrected chi connectivity index (χ4v) is 11.0. The molecule has 6 saturated heterocycles. The number of carbonyl (C=O) groups is 4. The molecule has 2 saturated carbocycles. The summed E-state index contributed by atoms with van der Waals surface area (Å²) >= 11 is 0. The van der Waals surface area contributed by atoms with Crippen LogP contribution in [0, 0.1) is 34.5 Å². The number of Topliss-reactive ketones (excluding diaryl/α,β-unsaturated/α-hetero) is 1. The fourth-order valence-electron chi connectivity index (χ4n) is 11.0. The van der Waals surface area contributed by atoms with Crippen LogP contribution in [-0.2, 0) is 42.9 Å².